The van der Waals surface area contributed by atoms with E-state index in [4.69, 9.17) is 5.73 Å². The quantitative estimate of drug-likeness (QED) is 0.859. The summed E-state index contributed by atoms with van der Waals surface area (Å²) in [6, 6.07) is 3.66. The molecular formula is C10H9F6NO. The van der Waals surface area contributed by atoms with Gasteiger partial charge in [-0.05, 0) is 12.1 Å². The van der Waals surface area contributed by atoms with Gasteiger partial charge in [-0.1, -0.05) is 12.1 Å². The Morgan fingerprint density at radius 1 is 1.06 bits per heavy atom. The first kappa shape index (κ1) is 14.6. The fraction of sp³-hybridized carbons (Fsp3) is 0.400. The summed E-state index contributed by atoms with van der Waals surface area (Å²) in [7, 11) is 0. The zero-order chi connectivity index (χ0) is 14.0. The Bertz CT molecular complexity index is 400. The van der Waals surface area contributed by atoms with Crippen molar-refractivity contribution in [1.29, 1.82) is 0 Å². The first-order chi connectivity index (χ1) is 8.16. The van der Waals surface area contributed by atoms with E-state index in [0.29, 0.717) is 6.07 Å². The van der Waals surface area contributed by atoms with Gasteiger partial charge in [0.1, 0.15) is 5.75 Å². The van der Waals surface area contributed by atoms with E-state index in [0.717, 1.165) is 18.2 Å². The number of nitrogens with two attached hydrogens (primary N) is 1. The maximum Gasteiger partial charge on any atom is 0.426 e. The van der Waals surface area contributed by atoms with Gasteiger partial charge in [-0.15, -0.1) is 0 Å². The van der Waals surface area contributed by atoms with Crippen molar-refractivity contribution in [3.05, 3.63) is 29.8 Å². The number of alkyl halides is 6. The van der Waals surface area contributed by atoms with E-state index in [-0.39, 0.29) is 0 Å². The molecule has 0 bridgehead atoms. The van der Waals surface area contributed by atoms with E-state index in [2.05, 4.69) is 4.74 Å². The summed E-state index contributed by atoms with van der Waals surface area (Å²) in [5, 5.41) is 0. The monoisotopic (exact) mass is 273 g/mol. The highest BCUT2D eigenvalue weighted by Crippen LogP contribution is 2.37. The number of rotatable bonds is 3. The van der Waals surface area contributed by atoms with Crippen LogP contribution < -0.4 is 10.5 Å². The third-order valence-electron chi connectivity index (χ3n) is 2.04. The lowest BCUT2D eigenvalue weighted by Crippen LogP contribution is -2.41. The molecule has 1 aromatic carbocycles. The standard InChI is InChI=1S/C10H9F6NO/c11-9(12,13)6-3-1-2-4-7(6)18-8(5-17)10(14,15)16/h1-4,8H,5,17H2. The molecule has 0 fully saturated rings. The molecule has 0 aliphatic heterocycles. The smallest absolute Gasteiger partial charge is 0.426 e. The fourth-order valence-corrected chi connectivity index (χ4v) is 1.21. The van der Waals surface area contributed by atoms with E-state index < -0.39 is 36.3 Å². The number of benzene rings is 1. The second-order valence-electron chi connectivity index (χ2n) is 3.38. The maximum atomic E-state index is 12.5. The van der Waals surface area contributed by atoms with E-state index in [1.54, 1.807) is 0 Å². The van der Waals surface area contributed by atoms with E-state index >= 15 is 0 Å². The van der Waals surface area contributed by atoms with Crippen molar-refractivity contribution in [1.82, 2.24) is 0 Å². The molecule has 0 radical (unpaired) electrons. The summed E-state index contributed by atoms with van der Waals surface area (Å²) in [5.74, 6) is -0.891. The molecule has 18 heavy (non-hydrogen) atoms. The van der Waals surface area contributed by atoms with E-state index in [1.807, 2.05) is 0 Å². The first-order valence-corrected chi connectivity index (χ1v) is 4.76. The number of hydrogen-bond acceptors (Lipinski definition) is 2. The van der Waals surface area contributed by atoms with Gasteiger partial charge in [0.05, 0.1) is 5.56 Å². The van der Waals surface area contributed by atoms with Crippen molar-refractivity contribution in [2.45, 2.75) is 18.5 Å². The lowest BCUT2D eigenvalue weighted by Gasteiger charge is -2.22. The van der Waals surface area contributed by atoms with Crippen molar-refractivity contribution in [2.24, 2.45) is 5.73 Å². The molecule has 0 aliphatic rings. The second-order valence-corrected chi connectivity index (χ2v) is 3.38. The van der Waals surface area contributed by atoms with Crippen molar-refractivity contribution in [3.8, 4) is 5.75 Å². The van der Waals surface area contributed by atoms with Crippen molar-refractivity contribution in [2.75, 3.05) is 6.54 Å². The van der Waals surface area contributed by atoms with Gasteiger partial charge in [-0.2, -0.15) is 26.3 Å². The summed E-state index contributed by atoms with van der Waals surface area (Å²) in [6.45, 7) is -0.963. The third kappa shape index (κ3) is 3.52. The Hall–Kier alpha value is -1.44. The van der Waals surface area contributed by atoms with Crippen LogP contribution >= 0.6 is 0 Å². The van der Waals surface area contributed by atoms with Crippen LogP contribution in [0.5, 0.6) is 5.75 Å². The predicted molar refractivity (Wildman–Crippen MR) is 51.0 cm³/mol. The number of para-hydroxylation sites is 1. The Morgan fingerprint density at radius 2 is 1.61 bits per heavy atom. The Morgan fingerprint density at radius 3 is 2.06 bits per heavy atom. The summed E-state index contributed by atoms with van der Waals surface area (Å²) >= 11 is 0. The van der Waals surface area contributed by atoms with Crippen LogP contribution in [0.4, 0.5) is 26.3 Å². The Labute approximate surface area is 98.3 Å². The van der Waals surface area contributed by atoms with E-state index in [9.17, 15) is 26.3 Å². The number of ether oxygens (including phenoxy) is 1. The molecule has 0 saturated carbocycles. The molecule has 0 aliphatic carbocycles. The molecule has 2 nitrogen and oxygen atoms in total. The van der Waals surface area contributed by atoms with Gasteiger partial charge in [0, 0.05) is 6.54 Å². The van der Waals surface area contributed by atoms with Crippen LogP contribution in [-0.4, -0.2) is 18.8 Å². The zero-order valence-corrected chi connectivity index (χ0v) is 8.85. The lowest BCUT2D eigenvalue weighted by atomic mass is 10.2. The van der Waals surface area contributed by atoms with Crippen LogP contribution in [0.1, 0.15) is 5.56 Å². The van der Waals surface area contributed by atoms with Crippen LogP contribution in [0.25, 0.3) is 0 Å². The molecule has 0 amide bonds. The van der Waals surface area contributed by atoms with Gasteiger partial charge in [0.2, 0.25) is 6.10 Å². The third-order valence-corrected chi connectivity index (χ3v) is 2.04. The van der Waals surface area contributed by atoms with Crippen molar-refractivity contribution < 1.29 is 31.1 Å². The van der Waals surface area contributed by atoms with Crippen LogP contribution in [0.2, 0.25) is 0 Å². The molecule has 0 saturated heterocycles. The van der Waals surface area contributed by atoms with Gasteiger partial charge >= 0.3 is 12.4 Å². The topological polar surface area (TPSA) is 35.2 Å². The van der Waals surface area contributed by atoms with Crippen LogP contribution in [0, 0.1) is 0 Å². The van der Waals surface area contributed by atoms with Crippen molar-refractivity contribution >= 4 is 0 Å². The summed E-state index contributed by atoms with van der Waals surface area (Å²) in [4.78, 5) is 0. The fourth-order valence-electron chi connectivity index (χ4n) is 1.21. The van der Waals surface area contributed by atoms with Gasteiger partial charge in [0.25, 0.3) is 0 Å². The molecule has 1 rings (SSSR count). The van der Waals surface area contributed by atoms with Gasteiger partial charge < -0.3 is 10.5 Å². The lowest BCUT2D eigenvalue weighted by molar-refractivity contribution is -0.194. The number of halogens is 6. The van der Waals surface area contributed by atoms with Crippen molar-refractivity contribution in [3.63, 3.8) is 0 Å². The summed E-state index contributed by atoms with van der Waals surface area (Å²) < 4.78 is 78.9. The normalized spacial score (nSPS) is 14.4. The minimum Gasteiger partial charge on any atom is -0.479 e. The molecule has 1 atom stereocenters. The molecule has 0 heterocycles. The zero-order valence-electron chi connectivity index (χ0n) is 8.85. The van der Waals surface area contributed by atoms with Crippen LogP contribution in [-0.2, 0) is 6.18 Å². The SMILES string of the molecule is NCC(Oc1ccccc1C(F)(F)F)C(F)(F)F. The molecule has 0 spiro atoms. The molecule has 1 aromatic rings. The average Bonchev–Trinajstić information content (AvgIpc) is 2.23. The molecule has 102 valence electrons. The van der Waals surface area contributed by atoms with E-state index in [1.165, 1.54) is 0 Å². The Kier molecular flexibility index (Phi) is 4.10. The van der Waals surface area contributed by atoms with Gasteiger partial charge in [-0.3, -0.25) is 0 Å². The highest BCUT2D eigenvalue weighted by atomic mass is 19.4. The highest BCUT2D eigenvalue weighted by Gasteiger charge is 2.42. The predicted octanol–water partition coefficient (Wildman–Crippen LogP) is 2.97. The largest absolute Gasteiger partial charge is 0.479 e. The Balaban J connectivity index is 3.04. The number of hydrogen-bond donors (Lipinski definition) is 1. The molecule has 8 heteroatoms. The molecule has 0 aromatic heterocycles. The molecule has 1 unspecified atom stereocenters. The van der Waals surface area contributed by atoms with Crippen LogP contribution in [0.3, 0.4) is 0 Å². The molecule has 2 N–H and O–H groups in total. The highest BCUT2D eigenvalue weighted by molar-refractivity contribution is 5.35. The first-order valence-electron chi connectivity index (χ1n) is 4.76. The average molecular weight is 273 g/mol. The van der Waals surface area contributed by atoms with Gasteiger partial charge in [0.15, 0.2) is 0 Å². The molecular weight excluding hydrogens is 264 g/mol. The summed E-state index contributed by atoms with van der Waals surface area (Å²) in [5.41, 5.74) is 3.57. The van der Waals surface area contributed by atoms with Gasteiger partial charge in [-0.25, -0.2) is 0 Å². The second kappa shape index (κ2) is 5.05. The summed E-state index contributed by atoms with van der Waals surface area (Å²) in [6.07, 6.45) is -12.1. The van der Waals surface area contributed by atoms with Crippen LogP contribution in [0.15, 0.2) is 24.3 Å². The maximum absolute atomic E-state index is 12.5. The minimum absolute atomic E-state index is 0.638. The minimum atomic E-state index is -4.83.